The van der Waals surface area contributed by atoms with E-state index in [1.165, 1.54) is 29.7 Å². The molecule has 0 radical (unpaired) electrons. The first kappa shape index (κ1) is 18.5. The van der Waals surface area contributed by atoms with Gasteiger partial charge in [0, 0.05) is 4.88 Å². The summed E-state index contributed by atoms with van der Waals surface area (Å²) in [6, 6.07) is 0. The standard InChI is InChI=1S/C18H25N5O3S/c19-23-16(24)12(26-20)8-10-6-7-13-14(10)15-17(21-9-22-18(15)27-13)25-11-4-2-1-3-5-11/h9-12H,1-8,19-20H2,(H,23,24)/t10-,12-/m1/s1. The fourth-order valence-electron chi connectivity index (χ4n) is 4.28. The number of fused-ring (bicyclic) bond motifs is 3. The molecule has 1 fully saturated rings. The first-order chi connectivity index (χ1) is 13.2. The Morgan fingerprint density at radius 2 is 2.11 bits per heavy atom. The summed E-state index contributed by atoms with van der Waals surface area (Å²) in [6.07, 6.45) is 9.19. The fraction of sp³-hybridized carbons (Fsp3) is 0.611. The van der Waals surface area contributed by atoms with Gasteiger partial charge >= 0.3 is 0 Å². The zero-order chi connectivity index (χ0) is 18.8. The summed E-state index contributed by atoms with van der Waals surface area (Å²) in [5.74, 6) is 11.0. The van der Waals surface area contributed by atoms with Crippen molar-refractivity contribution in [3.63, 3.8) is 0 Å². The number of hydrazine groups is 1. The SMILES string of the molecule is NNC(=O)[C@@H](C[C@H]1CCc2sc3ncnc(OC4CCCCC4)c3c21)ON. The molecule has 0 bridgehead atoms. The summed E-state index contributed by atoms with van der Waals surface area (Å²) in [5.41, 5.74) is 3.31. The molecule has 0 aromatic carbocycles. The molecule has 8 nitrogen and oxygen atoms in total. The van der Waals surface area contributed by atoms with Gasteiger partial charge in [0.2, 0.25) is 5.88 Å². The third-order valence-electron chi connectivity index (χ3n) is 5.62. The van der Waals surface area contributed by atoms with Gasteiger partial charge in [0.25, 0.3) is 5.91 Å². The van der Waals surface area contributed by atoms with Gasteiger partial charge in [0.1, 0.15) is 17.3 Å². The molecule has 1 saturated carbocycles. The third kappa shape index (κ3) is 3.64. The number of amides is 1. The number of nitrogens with two attached hydrogens (primary N) is 2. The van der Waals surface area contributed by atoms with Crippen molar-refractivity contribution in [3.05, 3.63) is 16.8 Å². The molecule has 2 aliphatic rings. The normalized spacial score (nSPS) is 21.2. The van der Waals surface area contributed by atoms with Gasteiger partial charge in [0.15, 0.2) is 6.10 Å². The van der Waals surface area contributed by atoms with Crippen molar-refractivity contribution in [3.8, 4) is 5.88 Å². The van der Waals surface area contributed by atoms with E-state index in [2.05, 4.69) is 15.4 Å². The van der Waals surface area contributed by atoms with Crippen LogP contribution in [-0.4, -0.2) is 28.1 Å². The summed E-state index contributed by atoms with van der Waals surface area (Å²) < 4.78 is 6.30. The number of hydrogen-bond donors (Lipinski definition) is 3. The highest BCUT2D eigenvalue weighted by Gasteiger charge is 2.34. The van der Waals surface area contributed by atoms with E-state index in [0.29, 0.717) is 12.3 Å². The Labute approximate surface area is 161 Å². The molecule has 2 atom stereocenters. The third-order valence-corrected chi connectivity index (χ3v) is 6.80. The largest absolute Gasteiger partial charge is 0.474 e. The lowest BCUT2D eigenvalue weighted by molar-refractivity contribution is -0.133. The van der Waals surface area contributed by atoms with Gasteiger partial charge in [-0.1, -0.05) is 6.42 Å². The molecule has 2 aliphatic carbocycles. The van der Waals surface area contributed by atoms with Crippen LogP contribution in [0.4, 0.5) is 0 Å². The number of nitrogens with one attached hydrogen (secondary N) is 1. The first-order valence-electron chi connectivity index (χ1n) is 9.50. The van der Waals surface area contributed by atoms with Crippen LogP contribution in [0.3, 0.4) is 0 Å². The van der Waals surface area contributed by atoms with Crippen LogP contribution in [0.15, 0.2) is 6.33 Å². The Morgan fingerprint density at radius 1 is 1.30 bits per heavy atom. The van der Waals surface area contributed by atoms with Gasteiger partial charge in [0.05, 0.1) is 5.39 Å². The summed E-state index contributed by atoms with van der Waals surface area (Å²) in [6.45, 7) is 0. The molecule has 9 heteroatoms. The van der Waals surface area contributed by atoms with E-state index in [-0.39, 0.29) is 12.0 Å². The van der Waals surface area contributed by atoms with E-state index in [1.54, 1.807) is 17.7 Å². The van der Waals surface area contributed by atoms with Gasteiger partial charge in [-0.25, -0.2) is 21.7 Å². The van der Waals surface area contributed by atoms with Crippen LogP contribution < -0.4 is 21.9 Å². The Kier molecular flexibility index (Phi) is 5.53. The van der Waals surface area contributed by atoms with E-state index < -0.39 is 12.0 Å². The predicted molar refractivity (Wildman–Crippen MR) is 102 cm³/mol. The van der Waals surface area contributed by atoms with Crippen molar-refractivity contribution in [2.75, 3.05) is 0 Å². The molecule has 5 N–H and O–H groups in total. The van der Waals surface area contributed by atoms with E-state index in [0.717, 1.165) is 35.9 Å². The molecule has 0 aliphatic heterocycles. The Morgan fingerprint density at radius 3 is 2.85 bits per heavy atom. The zero-order valence-electron chi connectivity index (χ0n) is 15.1. The molecule has 1 amide bonds. The molecule has 2 heterocycles. The van der Waals surface area contributed by atoms with Gasteiger partial charge in [-0.15, -0.1) is 11.3 Å². The number of carbonyl (C=O) groups is 1. The van der Waals surface area contributed by atoms with Crippen molar-refractivity contribution in [1.82, 2.24) is 15.4 Å². The van der Waals surface area contributed by atoms with Crippen molar-refractivity contribution < 1.29 is 14.4 Å². The summed E-state index contributed by atoms with van der Waals surface area (Å²) >= 11 is 1.69. The lowest BCUT2D eigenvalue weighted by atomic mass is 9.94. The maximum Gasteiger partial charge on any atom is 0.265 e. The number of nitrogens with zero attached hydrogens (tertiary/aromatic N) is 2. The van der Waals surface area contributed by atoms with E-state index in [1.807, 2.05) is 0 Å². The van der Waals surface area contributed by atoms with E-state index in [9.17, 15) is 4.79 Å². The molecular weight excluding hydrogens is 366 g/mol. The van der Waals surface area contributed by atoms with Crippen LogP contribution in [0.25, 0.3) is 10.2 Å². The molecule has 0 unspecified atom stereocenters. The molecule has 0 spiro atoms. The van der Waals surface area contributed by atoms with Crippen LogP contribution >= 0.6 is 11.3 Å². The number of thiophene rings is 1. The van der Waals surface area contributed by atoms with Crippen molar-refractivity contribution in [2.24, 2.45) is 11.7 Å². The van der Waals surface area contributed by atoms with Crippen LogP contribution in [0, 0.1) is 0 Å². The number of aryl methyl sites for hydroxylation is 1. The van der Waals surface area contributed by atoms with Crippen molar-refractivity contribution >= 4 is 27.5 Å². The van der Waals surface area contributed by atoms with E-state index in [4.69, 9.17) is 21.3 Å². The minimum absolute atomic E-state index is 0.138. The lowest BCUT2D eigenvalue weighted by Crippen LogP contribution is -2.42. The van der Waals surface area contributed by atoms with Gasteiger partial charge in [-0.05, 0) is 56.4 Å². The van der Waals surface area contributed by atoms with Crippen molar-refractivity contribution in [1.29, 1.82) is 0 Å². The molecule has 146 valence electrons. The highest BCUT2D eigenvalue weighted by atomic mass is 32.1. The first-order valence-corrected chi connectivity index (χ1v) is 10.3. The number of rotatable bonds is 6. The monoisotopic (exact) mass is 391 g/mol. The smallest absolute Gasteiger partial charge is 0.265 e. The number of hydrogen-bond acceptors (Lipinski definition) is 8. The molecule has 27 heavy (non-hydrogen) atoms. The van der Waals surface area contributed by atoms with Crippen LogP contribution in [0.2, 0.25) is 0 Å². The zero-order valence-corrected chi connectivity index (χ0v) is 16.0. The van der Waals surface area contributed by atoms with Gasteiger partial charge in [-0.3, -0.25) is 15.1 Å². The number of ether oxygens (including phenoxy) is 1. The maximum atomic E-state index is 11.9. The second kappa shape index (κ2) is 8.05. The quantitative estimate of drug-likeness (QED) is 0.391. The Balaban J connectivity index is 1.65. The summed E-state index contributed by atoms with van der Waals surface area (Å²) in [5, 5.41) is 0.995. The average Bonchev–Trinajstić information content (AvgIpc) is 3.26. The Hall–Kier alpha value is -1.81. The average molecular weight is 391 g/mol. The molecule has 0 saturated heterocycles. The van der Waals surface area contributed by atoms with Gasteiger partial charge in [-0.2, -0.15) is 0 Å². The minimum Gasteiger partial charge on any atom is -0.474 e. The summed E-state index contributed by atoms with van der Waals surface area (Å²) in [4.78, 5) is 27.9. The van der Waals surface area contributed by atoms with Crippen LogP contribution in [0.1, 0.15) is 61.3 Å². The highest BCUT2D eigenvalue weighted by molar-refractivity contribution is 7.19. The molecular formula is C18H25N5O3S. The summed E-state index contributed by atoms with van der Waals surface area (Å²) in [7, 11) is 0. The number of aromatic nitrogens is 2. The number of carbonyl (C=O) groups excluding carboxylic acids is 1. The lowest BCUT2D eigenvalue weighted by Gasteiger charge is -2.23. The molecule has 4 rings (SSSR count). The maximum absolute atomic E-state index is 11.9. The molecule has 2 aromatic rings. The predicted octanol–water partition coefficient (Wildman–Crippen LogP) is 2.07. The topological polar surface area (TPSA) is 125 Å². The van der Waals surface area contributed by atoms with E-state index >= 15 is 0 Å². The highest BCUT2D eigenvalue weighted by Crippen LogP contribution is 2.47. The second-order valence-electron chi connectivity index (χ2n) is 7.28. The fourth-order valence-corrected chi connectivity index (χ4v) is 5.51. The van der Waals surface area contributed by atoms with Gasteiger partial charge < -0.3 is 4.74 Å². The molecule has 2 aromatic heterocycles. The van der Waals surface area contributed by atoms with Crippen molar-refractivity contribution in [2.45, 2.75) is 69.5 Å². The second-order valence-corrected chi connectivity index (χ2v) is 8.36. The van der Waals surface area contributed by atoms with Crippen LogP contribution in [0.5, 0.6) is 5.88 Å². The van der Waals surface area contributed by atoms with Crippen LogP contribution in [-0.2, 0) is 16.1 Å². The minimum atomic E-state index is -0.784. The Bertz CT molecular complexity index is 821.